The number of rotatable bonds is 5. The summed E-state index contributed by atoms with van der Waals surface area (Å²) in [4.78, 5) is 29.5. The van der Waals surface area contributed by atoms with Crippen LogP contribution in [0.15, 0.2) is 30.6 Å². The minimum absolute atomic E-state index is 0.170. The fourth-order valence-electron chi connectivity index (χ4n) is 3.74. The highest BCUT2D eigenvalue weighted by Crippen LogP contribution is 2.24. The molecular formula is C21H27N7O. The lowest BCUT2D eigenvalue weighted by Gasteiger charge is -2.22. The number of nitrogens with zero attached hydrogens (tertiary/aromatic N) is 6. The molecule has 1 N–H and O–H groups in total. The van der Waals surface area contributed by atoms with Crippen molar-refractivity contribution in [2.45, 2.75) is 32.9 Å². The van der Waals surface area contributed by atoms with E-state index in [1.807, 2.05) is 38.4 Å². The van der Waals surface area contributed by atoms with Gasteiger partial charge in [-0.25, -0.2) is 15.0 Å². The molecule has 4 heterocycles. The van der Waals surface area contributed by atoms with Crippen LogP contribution in [0.1, 0.15) is 34.0 Å². The molecule has 0 radical (unpaired) electrons. The predicted molar refractivity (Wildman–Crippen MR) is 112 cm³/mol. The van der Waals surface area contributed by atoms with E-state index < -0.39 is 0 Å². The molecule has 1 aliphatic rings. The first kappa shape index (κ1) is 19.3. The van der Waals surface area contributed by atoms with Crippen molar-refractivity contribution in [3.05, 3.63) is 53.4 Å². The molecule has 1 atom stereocenters. The van der Waals surface area contributed by atoms with Gasteiger partial charge in [0.05, 0.1) is 0 Å². The minimum Gasteiger partial charge on any atom is -0.355 e. The maximum Gasteiger partial charge on any atom is 0.291 e. The third-order valence-electron chi connectivity index (χ3n) is 5.53. The molecule has 4 rings (SSSR count). The SMILES string of the molecule is Cc1nc(C(=O)N(C)C)nc(N2CC[C@@H](NCc3cccc4nccn34)C2)c1C. The van der Waals surface area contributed by atoms with Crippen LogP contribution in [-0.4, -0.2) is 63.4 Å². The topological polar surface area (TPSA) is 78.7 Å². The van der Waals surface area contributed by atoms with Gasteiger partial charge in [0.25, 0.3) is 5.91 Å². The van der Waals surface area contributed by atoms with Crippen LogP contribution in [0.25, 0.3) is 5.65 Å². The van der Waals surface area contributed by atoms with Crippen molar-refractivity contribution in [1.29, 1.82) is 0 Å². The fraction of sp³-hybridized carbons (Fsp3) is 0.429. The summed E-state index contributed by atoms with van der Waals surface area (Å²) in [5, 5.41) is 3.66. The van der Waals surface area contributed by atoms with Gasteiger partial charge < -0.3 is 19.5 Å². The Kier molecular flexibility index (Phi) is 5.19. The van der Waals surface area contributed by atoms with Gasteiger partial charge in [0.15, 0.2) is 0 Å². The molecule has 1 saturated heterocycles. The van der Waals surface area contributed by atoms with E-state index in [1.54, 1.807) is 14.1 Å². The first-order valence-electron chi connectivity index (χ1n) is 9.90. The van der Waals surface area contributed by atoms with Crippen LogP contribution in [0.2, 0.25) is 0 Å². The van der Waals surface area contributed by atoms with Crippen LogP contribution >= 0.6 is 0 Å². The lowest BCUT2D eigenvalue weighted by Crippen LogP contribution is -2.33. The normalized spacial score (nSPS) is 16.6. The number of aryl methyl sites for hydroxylation is 1. The zero-order chi connectivity index (χ0) is 20.5. The number of carbonyl (C=O) groups is 1. The Morgan fingerprint density at radius 1 is 1.28 bits per heavy atom. The quantitative estimate of drug-likeness (QED) is 0.712. The van der Waals surface area contributed by atoms with Crippen LogP contribution in [-0.2, 0) is 6.54 Å². The molecule has 29 heavy (non-hydrogen) atoms. The molecule has 8 heteroatoms. The van der Waals surface area contributed by atoms with Gasteiger partial charge >= 0.3 is 0 Å². The van der Waals surface area contributed by atoms with E-state index in [2.05, 4.69) is 35.6 Å². The summed E-state index contributed by atoms with van der Waals surface area (Å²) in [7, 11) is 3.44. The van der Waals surface area contributed by atoms with Gasteiger partial charge in [-0.15, -0.1) is 0 Å². The summed E-state index contributed by atoms with van der Waals surface area (Å²) in [6.07, 6.45) is 4.84. The van der Waals surface area contributed by atoms with Crippen LogP contribution in [0.3, 0.4) is 0 Å². The summed E-state index contributed by atoms with van der Waals surface area (Å²) in [6.45, 7) is 6.49. The Labute approximate surface area is 170 Å². The molecule has 0 unspecified atom stereocenters. The molecule has 152 valence electrons. The number of pyridine rings is 1. The summed E-state index contributed by atoms with van der Waals surface area (Å²) < 4.78 is 2.11. The Morgan fingerprint density at radius 2 is 2.10 bits per heavy atom. The highest BCUT2D eigenvalue weighted by molar-refractivity contribution is 5.90. The first-order valence-corrected chi connectivity index (χ1v) is 9.90. The molecule has 8 nitrogen and oxygen atoms in total. The Bertz CT molecular complexity index is 1040. The van der Waals surface area contributed by atoms with Crippen molar-refractivity contribution in [2.24, 2.45) is 0 Å². The molecule has 1 aliphatic heterocycles. The van der Waals surface area contributed by atoms with Crippen molar-refractivity contribution in [1.82, 2.24) is 29.6 Å². The molecule has 3 aromatic rings. The molecule has 3 aromatic heterocycles. The first-order chi connectivity index (χ1) is 13.9. The lowest BCUT2D eigenvalue weighted by molar-refractivity contribution is 0.0815. The number of amides is 1. The Hall–Kier alpha value is -3.00. The van der Waals surface area contributed by atoms with Crippen molar-refractivity contribution < 1.29 is 4.79 Å². The second-order valence-corrected chi connectivity index (χ2v) is 7.77. The Morgan fingerprint density at radius 3 is 2.90 bits per heavy atom. The van der Waals surface area contributed by atoms with Crippen molar-refractivity contribution in [3.63, 3.8) is 0 Å². The van der Waals surface area contributed by atoms with E-state index in [4.69, 9.17) is 0 Å². The summed E-state index contributed by atoms with van der Waals surface area (Å²) >= 11 is 0. The zero-order valence-electron chi connectivity index (χ0n) is 17.4. The number of nitrogens with one attached hydrogen (secondary N) is 1. The minimum atomic E-state index is -0.170. The number of imidazole rings is 1. The number of carbonyl (C=O) groups excluding carboxylic acids is 1. The van der Waals surface area contributed by atoms with Crippen LogP contribution in [0.4, 0.5) is 5.82 Å². The van der Waals surface area contributed by atoms with Crippen LogP contribution < -0.4 is 10.2 Å². The molecule has 1 fully saturated rings. The third-order valence-corrected chi connectivity index (χ3v) is 5.53. The van der Waals surface area contributed by atoms with Gasteiger partial charge in [-0.1, -0.05) is 6.07 Å². The van der Waals surface area contributed by atoms with Crippen molar-refractivity contribution in [2.75, 3.05) is 32.1 Å². The number of aromatic nitrogens is 4. The van der Waals surface area contributed by atoms with E-state index >= 15 is 0 Å². The maximum absolute atomic E-state index is 12.3. The summed E-state index contributed by atoms with van der Waals surface area (Å²) in [6, 6.07) is 6.52. The predicted octanol–water partition coefficient (Wildman–Crippen LogP) is 1.81. The molecule has 0 aromatic carbocycles. The van der Waals surface area contributed by atoms with Gasteiger partial charge in [-0.05, 0) is 32.4 Å². The van der Waals surface area contributed by atoms with E-state index in [-0.39, 0.29) is 11.7 Å². The summed E-state index contributed by atoms with van der Waals surface area (Å²) in [5.74, 6) is 0.955. The number of hydrogen-bond donors (Lipinski definition) is 1. The van der Waals surface area contributed by atoms with E-state index in [0.29, 0.717) is 6.04 Å². The molecule has 0 spiro atoms. The average molecular weight is 393 g/mol. The smallest absolute Gasteiger partial charge is 0.291 e. The van der Waals surface area contributed by atoms with Gasteiger partial charge in [-0.2, -0.15) is 0 Å². The van der Waals surface area contributed by atoms with E-state index in [9.17, 15) is 4.79 Å². The maximum atomic E-state index is 12.3. The van der Waals surface area contributed by atoms with Gasteiger partial charge in [0, 0.05) is 69.1 Å². The average Bonchev–Trinajstić information content (AvgIpc) is 3.37. The fourth-order valence-corrected chi connectivity index (χ4v) is 3.74. The van der Waals surface area contributed by atoms with Gasteiger partial charge in [0.2, 0.25) is 5.82 Å². The van der Waals surface area contributed by atoms with Gasteiger partial charge in [-0.3, -0.25) is 4.79 Å². The highest BCUT2D eigenvalue weighted by atomic mass is 16.2. The zero-order valence-corrected chi connectivity index (χ0v) is 17.4. The van der Waals surface area contributed by atoms with Crippen LogP contribution in [0, 0.1) is 13.8 Å². The van der Waals surface area contributed by atoms with Crippen molar-refractivity contribution in [3.8, 4) is 0 Å². The lowest BCUT2D eigenvalue weighted by atomic mass is 10.2. The monoisotopic (exact) mass is 393 g/mol. The van der Waals surface area contributed by atoms with Gasteiger partial charge in [0.1, 0.15) is 11.5 Å². The van der Waals surface area contributed by atoms with E-state index in [0.717, 1.165) is 48.8 Å². The largest absolute Gasteiger partial charge is 0.355 e. The van der Waals surface area contributed by atoms with E-state index in [1.165, 1.54) is 10.6 Å². The highest BCUT2D eigenvalue weighted by Gasteiger charge is 2.26. The molecular weight excluding hydrogens is 366 g/mol. The molecule has 0 aliphatic carbocycles. The van der Waals surface area contributed by atoms with Crippen LogP contribution in [0.5, 0.6) is 0 Å². The molecule has 0 bridgehead atoms. The second kappa shape index (κ2) is 7.79. The second-order valence-electron chi connectivity index (χ2n) is 7.77. The number of hydrogen-bond acceptors (Lipinski definition) is 6. The molecule has 0 saturated carbocycles. The summed E-state index contributed by atoms with van der Waals surface area (Å²) in [5.41, 5.74) is 4.03. The van der Waals surface area contributed by atoms with Crippen molar-refractivity contribution >= 4 is 17.4 Å². The standard InChI is InChI=1S/C21H27N7O/c1-14-15(2)24-19(21(29)26(3)4)25-20(14)27-10-8-16(13-27)23-12-17-6-5-7-18-22-9-11-28(17)18/h5-7,9,11,16,23H,8,10,12-13H2,1-4H3/t16-/m1/s1. The number of fused-ring (bicyclic) bond motifs is 1. The number of anilines is 1. The molecule has 1 amide bonds. The third kappa shape index (κ3) is 3.80. The Balaban J connectivity index is 1.47.